The highest BCUT2D eigenvalue weighted by atomic mass is 35.5. The molecule has 0 N–H and O–H groups in total. The number of nitrogens with zero attached hydrogens (tertiary/aromatic N) is 2. The van der Waals surface area contributed by atoms with Gasteiger partial charge in [0, 0.05) is 23.0 Å². The van der Waals surface area contributed by atoms with Crippen LogP contribution in [0.25, 0.3) is 0 Å². The Hall–Kier alpha value is -2.46. The quantitative estimate of drug-likeness (QED) is 0.313. The molecule has 3 aromatic rings. The maximum atomic E-state index is 13.7. The van der Waals surface area contributed by atoms with Crippen LogP contribution in [0, 0.1) is 11.7 Å². The molecule has 6 nitrogen and oxygen atoms in total. The fourth-order valence-electron chi connectivity index (χ4n) is 4.30. The van der Waals surface area contributed by atoms with E-state index < -0.39 is 10.0 Å². The van der Waals surface area contributed by atoms with Crippen LogP contribution in [0.2, 0.25) is 5.02 Å². The first kappa shape index (κ1) is 27.6. The summed E-state index contributed by atoms with van der Waals surface area (Å²) in [4.78, 5) is 16.7. The molecule has 2 aromatic carbocycles. The molecule has 37 heavy (non-hydrogen) atoms. The highest BCUT2D eigenvalue weighted by Gasteiger charge is 2.35. The second-order valence-corrected chi connectivity index (χ2v) is 12.6. The van der Waals surface area contributed by atoms with Gasteiger partial charge in [-0.25, -0.2) is 12.8 Å². The van der Waals surface area contributed by atoms with Crippen LogP contribution in [0.4, 0.5) is 4.39 Å². The zero-order chi connectivity index (χ0) is 26.6. The normalized spacial score (nSPS) is 16.5. The molecule has 2 heterocycles. The Kier molecular flexibility index (Phi) is 8.90. The van der Waals surface area contributed by atoms with Crippen molar-refractivity contribution in [2.75, 3.05) is 26.2 Å². The van der Waals surface area contributed by atoms with E-state index in [1.54, 1.807) is 28.4 Å². The third kappa shape index (κ3) is 6.52. The van der Waals surface area contributed by atoms with E-state index in [1.165, 1.54) is 45.6 Å². The molecule has 0 aliphatic carbocycles. The van der Waals surface area contributed by atoms with Gasteiger partial charge in [-0.1, -0.05) is 31.9 Å². The zero-order valence-corrected chi connectivity index (χ0v) is 23.2. The van der Waals surface area contributed by atoms with E-state index in [-0.39, 0.29) is 48.3 Å². The molecule has 1 aliphatic rings. The number of hydrogen-bond acceptors (Lipinski definition) is 5. The van der Waals surface area contributed by atoms with Gasteiger partial charge >= 0.3 is 0 Å². The monoisotopic (exact) mass is 564 g/mol. The molecule has 0 radical (unpaired) electrons. The van der Waals surface area contributed by atoms with Gasteiger partial charge in [-0.3, -0.25) is 4.79 Å². The first-order chi connectivity index (χ1) is 17.7. The Balaban J connectivity index is 1.58. The molecule has 0 unspecified atom stereocenters. The molecule has 198 valence electrons. The first-order valence-corrected chi connectivity index (χ1v) is 14.9. The second kappa shape index (κ2) is 11.9. The molecule has 0 saturated heterocycles. The van der Waals surface area contributed by atoms with Crippen molar-refractivity contribution in [2.24, 2.45) is 5.92 Å². The van der Waals surface area contributed by atoms with Crippen molar-refractivity contribution in [3.63, 3.8) is 0 Å². The lowest BCUT2D eigenvalue weighted by atomic mass is 10.0. The number of hydrogen-bond donors (Lipinski definition) is 0. The van der Waals surface area contributed by atoms with Crippen molar-refractivity contribution in [3.05, 3.63) is 81.3 Å². The standard InChI is InChI=1S/C27H30ClFN2O4S2/c1-3-19(2)16-30(37(33,34)23-10-4-20(28)5-11-23)17-27(32)31-14-12-26-24(13-15-36-26)25(31)18-35-22-8-6-21(29)7-9-22/h4-11,13,15,19,25H,3,12,14,16-18H2,1-2H3/t19-,25+/m1/s1. The Morgan fingerprint density at radius 3 is 2.57 bits per heavy atom. The van der Waals surface area contributed by atoms with E-state index >= 15 is 0 Å². The molecule has 2 atom stereocenters. The van der Waals surface area contributed by atoms with Crippen LogP contribution in [-0.4, -0.2) is 49.8 Å². The van der Waals surface area contributed by atoms with Gasteiger partial charge in [0.05, 0.1) is 17.5 Å². The van der Waals surface area contributed by atoms with Crippen LogP contribution in [0.5, 0.6) is 5.75 Å². The average molecular weight is 565 g/mol. The number of carbonyl (C=O) groups excluding carboxylic acids is 1. The third-order valence-electron chi connectivity index (χ3n) is 6.61. The summed E-state index contributed by atoms with van der Waals surface area (Å²) in [6.07, 6.45) is 1.47. The van der Waals surface area contributed by atoms with Gasteiger partial charge < -0.3 is 9.64 Å². The maximum absolute atomic E-state index is 13.7. The van der Waals surface area contributed by atoms with Crippen LogP contribution in [0.15, 0.2) is 64.9 Å². The topological polar surface area (TPSA) is 66.9 Å². The lowest BCUT2D eigenvalue weighted by molar-refractivity contribution is -0.135. The molecular weight excluding hydrogens is 535 g/mol. The van der Waals surface area contributed by atoms with E-state index in [0.717, 1.165) is 12.0 Å². The minimum Gasteiger partial charge on any atom is -0.491 e. The smallest absolute Gasteiger partial charge is 0.243 e. The van der Waals surface area contributed by atoms with Crippen molar-refractivity contribution in [3.8, 4) is 5.75 Å². The van der Waals surface area contributed by atoms with Gasteiger partial charge in [0.15, 0.2) is 0 Å². The molecule has 0 bridgehead atoms. The largest absolute Gasteiger partial charge is 0.491 e. The summed E-state index contributed by atoms with van der Waals surface area (Å²) in [6, 6.07) is 13.3. The molecule has 1 amide bonds. The SMILES string of the molecule is CC[C@@H](C)CN(CC(=O)N1CCc2sccc2[C@@H]1COc1ccc(F)cc1)S(=O)(=O)c1ccc(Cl)cc1. The minimum absolute atomic E-state index is 0.0670. The number of ether oxygens (including phenoxy) is 1. The van der Waals surface area contributed by atoms with Crippen molar-refractivity contribution < 1.29 is 22.3 Å². The van der Waals surface area contributed by atoms with Gasteiger partial charge in [-0.15, -0.1) is 11.3 Å². The lowest BCUT2D eigenvalue weighted by Crippen LogP contribution is -2.48. The Labute approximate surface area is 226 Å². The lowest BCUT2D eigenvalue weighted by Gasteiger charge is -2.37. The summed E-state index contributed by atoms with van der Waals surface area (Å²) in [5.74, 6) is -0.0761. The van der Waals surface area contributed by atoms with Crippen molar-refractivity contribution >= 4 is 38.9 Å². The maximum Gasteiger partial charge on any atom is 0.243 e. The molecule has 4 rings (SSSR count). The number of amides is 1. The second-order valence-electron chi connectivity index (χ2n) is 9.18. The highest BCUT2D eigenvalue weighted by molar-refractivity contribution is 7.89. The van der Waals surface area contributed by atoms with Crippen LogP contribution in [0.3, 0.4) is 0 Å². The summed E-state index contributed by atoms with van der Waals surface area (Å²) >= 11 is 7.60. The number of rotatable bonds is 10. The summed E-state index contributed by atoms with van der Waals surface area (Å²) < 4.78 is 47.6. The Bertz CT molecular complexity index is 1310. The van der Waals surface area contributed by atoms with Crippen molar-refractivity contribution in [1.82, 2.24) is 9.21 Å². The first-order valence-electron chi connectivity index (χ1n) is 12.2. The molecule has 10 heteroatoms. The average Bonchev–Trinajstić information content (AvgIpc) is 3.37. The molecule has 1 aromatic heterocycles. The molecule has 0 saturated carbocycles. The van der Waals surface area contributed by atoms with E-state index in [4.69, 9.17) is 16.3 Å². The molecule has 0 spiro atoms. The summed E-state index contributed by atoms with van der Waals surface area (Å²) in [6.45, 7) is 4.54. The zero-order valence-electron chi connectivity index (χ0n) is 20.8. The van der Waals surface area contributed by atoms with E-state index in [9.17, 15) is 17.6 Å². The predicted molar refractivity (Wildman–Crippen MR) is 144 cm³/mol. The minimum atomic E-state index is -3.92. The van der Waals surface area contributed by atoms with E-state index in [0.29, 0.717) is 23.7 Å². The third-order valence-corrected chi connectivity index (χ3v) is 9.69. The van der Waals surface area contributed by atoms with E-state index in [1.807, 2.05) is 25.3 Å². The highest BCUT2D eigenvalue weighted by Crippen LogP contribution is 2.34. The van der Waals surface area contributed by atoms with Crippen molar-refractivity contribution in [1.29, 1.82) is 0 Å². The summed E-state index contributed by atoms with van der Waals surface area (Å²) in [5.41, 5.74) is 1.00. The number of benzene rings is 2. The van der Waals surface area contributed by atoms with Gasteiger partial charge in [-0.05, 0) is 77.9 Å². The molecule has 0 fully saturated rings. The molecular formula is C27H30ClFN2O4S2. The van der Waals surface area contributed by atoms with Gasteiger partial charge in [0.25, 0.3) is 0 Å². The van der Waals surface area contributed by atoms with Gasteiger partial charge in [-0.2, -0.15) is 4.31 Å². The van der Waals surface area contributed by atoms with Crippen LogP contribution >= 0.6 is 22.9 Å². The molecule has 1 aliphatic heterocycles. The fraction of sp³-hybridized carbons (Fsp3) is 0.370. The van der Waals surface area contributed by atoms with Crippen LogP contribution in [0.1, 0.15) is 36.8 Å². The number of halogens is 2. The Morgan fingerprint density at radius 2 is 1.89 bits per heavy atom. The predicted octanol–water partition coefficient (Wildman–Crippen LogP) is 5.78. The van der Waals surface area contributed by atoms with E-state index in [2.05, 4.69) is 0 Å². The van der Waals surface area contributed by atoms with Gasteiger partial charge in [0.2, 0.25) is 15.9 Å². The Morgan fingerprint density at radius 1 is 1.19 bits per heavy atom. The number of fused-ring (bicyclic) bond motifs is 1. The van der Waals surface area contributed by atoms with Crippen LogP contribution in [-0.2, 0) is 21.2 Å². The van der Waals surface area contributed by atoms with Crippen molar-refractivity contribution in [2.45, 2.75) is 37.6 Å². The fourth-order valence-corrected chi connectivity index (χ4v) is 6.87. The number of carbonyl (C=O) groups is 1. The number of thiophene rings is 1. The van der Waals surface area contributed by atoms with Crippen LogP contribution < -0.4 is 4.74 Å². The summed E-state index contributed by atoms with van der Waals surface area (Å²) in [5, 5.41) is 2.43. The summed E-state index contributed by atoms with van der Waals surface area (Å²) in [7, 11) is -3.92. The van der Waals surface area contributed by atoms with Gasteiger partial charge in [0.1, 0.15) is 18.2 Å². The number of sulfonamides is 1.